The van der Waals surface area contributed by atoms with Crippen LogP contribution in [0.3, 0.4) is 0 Å². The van der Waals surface area contributed by atoms with Gasteiger partial charge in [0.25, 0.3) is 11.8 Å². The predicted octanol–water partition coefficient (Wildman–Crippen LogP) is 3.94. The van der Waals surface area contributed by atoms with Crippen molar-refractivity contribution in [3.05, 3.63) is 57.0 Å². The van der Waals surface area contributed by atoms with Gasteiger partial charge in [0.15, 0.2) is 13.2 Å². The summed E-state index contributed by atoms with van der Waals surface area (Å²) in [5.41, 5.74) is 5.57. The van der Waals surface area contributed by atoms with E-state index in [-0.39, 0.29) is 19.1 Å². The Morgan fingerprint density at radius 3 is 2.04 bits per heavy atom. The summed E-state index contributed by atoms with van der Waals surface area (Å²) in [6.07, 6.45) is 0. The molecule has 0 saturated carbocycles. The van der Waals surface area contributed by atoms with Crippen LogP contribution in [-0.4, -0.2) is 25.0 Å². The van der Waals surface area contributed by atoms with Crippen molar-refractivity contribution in [1.29, 1.82) is 0 Å². The minimum absolute atomic E-state index is 0.213. The molecule has 0 unspecified atom stereocenters. The van der Waals surface area contributed by atoms with Gasteiger partial charge in [-0.1, -0.05) is 45.7 Å². The number of amides is 2. The quantitative estimate of drug-likeness (QED) is 0.565. The van der Waals surface area contributed by atoms with Crippen LogP contribution in [0.15, 0.2) is 51.4 Å². The number of halogens is 2. The number of hydrogen-bond donors (Lipinski definition) is 2. The first-order chi connectivity index (χ1) is 12.8. The fourth-order valence-electron chi connectivity index (χ4n) is 2.14. The summed E-state index contributed by atoms with van der Waals surface area (Å²) in [6.45, 7) is 3.66. The Kier molecular flexibility index (Phi) is 8.12. The molecule has 144 valence electrons. The van der Waals surface area contributed by atoms with Gasteiger partial charge in [-0.05, 0) is 53.9 Å². The lowest BCUT2D eigenvalue weighted by Crippen LogP contribution is -2.45. The van der Waals surface area contributed by atoms with Crippen LogP contribution in [0.1, 0.15) is 25.3 Å². The number of hydrazine groups is 1. The standard InChI is InChI=1S/C19H20Br2N2O4/c1-12(2)16-9-14(21)5-8-17(16)27-11-19(25)23-22-18(24)10-26-15-6-3-13(20)4-7-15/h3-9,12H,10-11H2,1-2H3,(H,22,24)(H,23,25). The van der Waals surface area contributed by atoms with Crippen LogP contribution >= 0.6 is 31.9 Å². The summed E-state index contributed by atoms with van der Waals surface area (Å²) in [5.74, 6) is 0.492. The Labute approximate surface area is 174 Å². The average Bonchev–Trinajstić information content (AvgIpc) is 2.64. The zero-order valence-electron chi connectivity index (χ0n) is 14.9. The maximum atomic E-state index is 11.9. The number of benzene rings is 2. The van der Waals surface area contributed by atoms with Gasteiger partial charge in [0.1, 0.15) is 11.5 Å². The summed E-state index contributed by atoms with van der Waals surface area (Å²) >= 11 is 6.74. The number of hydrogen-bond acceptors (Lipinski definition) is 4. The van der Waals surface area contributed by atoms with Gasteiger partial charge in [-0.2, -0.15) is 0 Å². The molecule has 0 aromatic heterocycles. The van der Waals surface area contributed by atoms with Crippen molar-refractivity contribution < 1.29 is 19.1 Å². The Bertz CT molecular complexity index is 795. The second-order valence-corrected chi connectivity index (χ2v) is 7.80. The lowest BCUT2D eigenvalue weighted by molar-refractivity contribution is -0.131. The van der Waals surface area contributed by atoms with Gasteiger partial charge in [-0.25, -0.2) is 0 Å². The highest BCUT2D eigenvalue weighted by Crippen LogP contribution is 2.29. The molecule has 2 amide bonds. The second-order valence-electron chi connectivity index (χ2n) is 5.96. The van der Waals surface area contributed by atoms with E-state index in [9.17, 15) is 9.59 Å². The number of rotatable bonds is 7. The van der Waals surface area contributed by atoms with E-state index < -0.39 is 11.8 Å². The van der Waals surface area contributed by atoms with Crippen LogP contribution in [0.2, 0.25) is 0 Å². The maximum absolute atomic E-state index is 11.9. The molecule has 6 nitrogen and oxygen atoms in total. The molecule has 0 bridgehead atoms. The molecule has 0 radical (unpaired) electrons. The van der Waals surface area contributed by atoms with Gasteiger partial charge in [0.05, 0.1) is 0 Å². The molecule has 27 heavy (non-hydrogen) atoms. The molecule has 0 spiro atoms. The lowest BCUT2D eigenvalue weighted by Gasteiger charge is -2.14. The maximum Gasteiger partial charge on any atom is 0.276 e. The highest BCUT2D eigenvalue weighted by atomic mass is 79.9. The van der Waals surface area contributed by atoms with E-state index in [1.165, 1.54) is 0 Å². The molecule has 0 aliphatic carbocycles. The summed E-state index contributed by atoms with van der Waals surface area (Å²) in [6, 6.07) is 12.7. The van der Waals surface area contributed by atoms with Crippen molar-refractivity contribution in [3.8, 4) is 11.5 Å². The van der Waals surface area contributed by atoms with Gasteiger partial charge >= 0.3 is 0 Å². The van der Waals surface area contributed by atoms with Crippen molar-refractivity contribution in [2.24, 2.45) is 0 Å². The number of carbonyl (C=O) groups excluding carboxylic acids is 2. The third kappa shape index (κ3) is 7.22. The molecular formula is C19H20Br2N2O4. The largest absolute Gasteiger partial charge is 0.484 e. The SMILES string of the molecule is CC(C)c1cc(Br)ccc1OCC(=O)NNC(=O)COc1ccc(Br)cc1. The first-order valence-electron chi connectivity index (χ1n) is 8.23. The van der Waals surface area contributed by atoms with E-state index in [1.54, 1.807) is 30.3 Å². The second kappa shape index (κ2) is 10.3. The summed E-state index contributed by atoms with van der Waals surface area (Å²) in [5, 5.41) is 0. The number of carbonyl (C=O) groups is 2. The highest BCUT2D eigenvalue weighted by Gasteiger charge is 2.11. The molecule has 0 heterocycles. The van der Waals surface area contributed by atoms with Gasteiger partial charge < -0.3 is 9.47 Å². The van der Waals surface area contributed by atoms with Crippen LogP contribution in [-0.2, 0) is 9.59 Å². The highest BCUT2D eigenvalue weighted by molar-refractivity contribution is 9.10. The number of nitrogens with one attached hydrogen (secondary N) is 2. The van der Waals surface area contributed by atoms with Crippen molar-refractivity contribution >= 4 is 43.7 Å². The molecule has 2 aromatic carbocycles. The van der Waals surface area contributed by atoms with Gasteiger partial charge in [0.2, 0.25) is 0 Å². The van der Waals surface area contributed by atoms with Crippen LogP contribution in [0.5, 0.6) is 11.5 Å². The third-order valence-corrected chi connectivity index (χ3v) is 4.50. The molecule has 0 aliphatic rings. The summed E-state index contributed by atoms with van der Waals surface area (Å²) in [4.78, 5) is 23.6. The van der Waals surface area contributed by atoms with Crippen LogP contribution in [0.4, 0.5) is 0 Å². The first kappa shape index (κ1) is 21.2. The van der Waals surface area contributed by atoms with Crippen molar-refractivity contribution in [2.75, 3.05) is 13.2 Å². The molecular weight excluding hydrogens is 480 g/mol. The first-order valence-corrected chi connectivity index (χ1v) is 9.82. The minimum atomic E-state index is -0.474. The van der Waals surface area contributed by atoms with E-state index in [0.717, 1.165) is 14.5 Å². The van der Waals surface area contributed by atoms with Crippen LogP contribution in [0.25, 0.3) is 0 Å². The van der Waals surface area contributed by atoms with E-state index in [1.807, 2.05) is 26.0 Å². The lowest BCUT2D eigenvalue weighted by atomic mass is 10.0. The van der Waals surface area contributed by atoms with E-state index in [2.05, 4.69) is 42.7 Å². The average molecular weight is 500 g/mol. The summed E-state index contributed by atoms with van der Waals surface area (Å²) < 4.78 is 12.7. The zero-order valence-corrected chi connectivity index (χ0v) is 18.1. The molecule has 0 saturated heterocycles. The normalized spacial score (nSPS) is 10.4. The van der Waals surface area contributed by atoms with Gasteiger partial charge in [-0.15, -0.1) is 0 Å². The van der Waals surface area contributed by atoms with Crippen LogP contribution < -0.4 is 20.3 Å². The van der Waals surface area contributed by atoms with Crippen molar-refractivity contribution in [1.82, 2.24) is 10.9 Å². The molecule has 0 atom stereocenters. The predicted molar refractivity (Wildman–Crippen MR) is 110 cm³/mol. The Morgan fingerprint density at radius 2 is 1.44 bits per heavy atom. The monoisotopic (exact) mass is 498 g/mol. The topological polar surface area (TPSA) is 76.7 Å². The Hall–Kier alpha value is -2.06. The Morgan fingerprint density at radius 1 is 0.889 bits per heavy atom. The smallest absolute Gasteiger partial charge is 0.276 e. The van der Waals surface area contributed by atoms with Crippen molar-refractivity contribution in [3.63, 3.8) is 0 Å². The molecule has 0 aliphatic heterocycles. The number of ether oxygens (including phenoxy) is 2. The van der Waals surface area contributed by atoms with Crippen LogP contribution in [0, 0.1) is 0 Å². The van der Waals surface area contributed by atoms with Crippen molar-refractivity contribution in [2.45, 2.75) is 19.8 Å². The Balaban J connectivity index is 1.74. The minimum Gasteiger partial charge on any atom is -0.484 e. The van der Waals surface area contributed by atoms with E-state index >= 15 is 0 Å². The molecule has 2 rings (SSSR count). The summed E-state index contributed by atoms with van der Waals surface area (Å²) in [7, 11) is 0. The van der Waals surface area contributed by atoms with Gasteiger partial charge in [0, 0.05) is 8.95 Å². The van der Waals surface area contributed by atoms with E-state index in [4.69, 9.17) is 9.47 Å². The van der Waals surface area contributed by atoms with Gasteiger partial charge in [-0.3, -0.25) is 20.4 Å². The molecule has 0 fully saturated rings. The fraction of sp³-hybridized carbons (Fsp3) is 0.263. The third-order valence-electron chi connectivity index (χ3n) is 3.48. The zero-order chi connectivity index (χ0) is 19.8. The fourth-order valence-corrected chi connectivity index (χ4v) is 2.78. The molecule has 2 N–H and O–H groups in total. The molecule has 8 heteroatoms. The van der Waals surface area contributed by atoms with E-state index in [0.29, 0.717) is 11.5 Å². The molecule has 2 aromatic rings.